The van der Waals surface area contributed by atoms with Crippen LogP contribution in [0.1, 0.15) is 48.7 Å². The Kier molecular flexibility index (Phi) is 3.22. The number of hydrogen-bond acceptors (Lipinski definition) is 5. The lowest BCUT2D eigenvalue weighted by Gasteiger charge is -2.12. The average Bonchev–Trinajstić information content (AvgIpc) is 3.19. The largest absolute Gasteiger partial charge is 0.281 e. The van der Waals surface area contributed by atoms with Crippen LogP contribution in [0.25, 0.3) is 0 Å². The maximum Gasteiger partial charge on any atom is 0.281 e. The van der Waals surface area contributed by atoms with Crippen molar-refractivity contribution in [1.29, 1.82) is 0 Å². The number of aromatic nitrogens is 5. The normalized spacial score (nSPS) is 18.0. The van der Waals surface area contributed by atoms with Gasteiger partial charge in [-0.1, -0.05) is 0 Å². The van der Waals surface area contributed by atoms with Gasteiger partial charge in [-0.3, -0.25) is 4.68 Å². The number of nitrogens with zero attached hydrogens (tertiary/aromatic N) is 5. The molecule has 0 radical (unpaired) electrons. The Labute approximate surface area is 135 Å². The van der Waals surface area contributed by atoms with E-state index in [1.807, 2.05) is 0 Å². The SMILES string of the molecule is Cn1nc(C2CC2)nc1NS(=O)(=O)c1c2c(nn1C)CCCC2. The summed E-state index contributed by atoms with van der Waals surface area (Å²) in [5, 5.41) is 8.94. The number of anilines is 1. The van der Waals surface area contributed by atoms with Crippen LogP contribution >= 0.6 is 0 Å². The lowest BCUT2D eigenvalue weighted by atomic mass is 9.99. The molecule has 0 bridgehead atoms. The molecule has 0 saturated heterocycles. The Balaban J connectivity index is 1.69. The van der Waals surface area contributed by atoms with Crippen molar-refractivity contribution in [2.45, 2.75) is 49.5 Å². The van der Waals surface area contributed by atoms with Crippen LogP contribution in [0.15, 0.2) is 5.03 Å². The van der Waals surface area contributed by atoms with Crippen molar-refractivity contribution in [2.24, 2.45) is 14.1 Å². The highest BCUT2D eigenvalue weighted by molar-refractivity contribution is 7.92. The second-order valence-corrected chi connectivity index (χ2v) is 7.96. The predicted octanol–water partition coefficient (Wildman–Crippen LogP) is 1.11. The summed E-state index contributed by atoms with van der Waals surface area (Å²) in [5.74, 6) is 1.36. The summed E-state index contributed by atoms with van der Waals surface area (Å²) in [6.45, 7) is 0. The van der Waals surface area contributed by atoms with Gasteiger partial charge in [-0.2, -0.15) is 23.6 Å². The molecule has 0 amide bonds. The van der Waals surface area contributed by atoms with Gasteiger partial charge in [0, 0.05) is 25.6 Å². The first-order valence-corrected chi connectivity index (χ1v) is 9.42. The molecule has 2 heterocycles. The Hall–Kier alpha value is -1.90. The second kappa shape index (κ2) is 5.05. The highest BCUT2D eigenvalue weighted by atomic mass is 32.2. The van der Waals surface area contributed by atoms with Gasteiger partial charge in [0.15, 0.2) is 10.9 Å². The number of hydrogen-bond donors (Lipinski definition) is 1. The molecule has 0 aliphatic heterocycles. The third kappa shape index (κ3) is 2.52. The van der Waals surface area contributed by atoms with Gasteiger partial charge in [0.1, 0.15) is 0 Å². The highest BCUT2D eigenvalue weighted by Crippen LogP contribution is 2.38. The first-order valence-electron chi connectivity index (χ1n) is 7.94. The summed E-state index contributed by atoms with van der Waals surface area (Å²) in [4.78, 5) is 4.34. The summed E-state index contributed by atoms with van der Waals surface area (Å²) in [5.41, 5.74) is 1.74. The monoisotopic (exact) mass is 336 g/mol. The van der Waals surface area contributed by atoms with E-state index in [1.54, 1.807) is 14.1 Å². The third-order valence-corrected chi connectivity index (χ3v) is 5.93. The van der Waals surface area contributed by atoms with E-state index in [0.717, 1.165) is 55.6 Å². The Morgan fingerprint density at radius 1 is 1.09 bits per heavy atom. The zero-order valence-corrected chi connectivity index (χ0v) is 14.1. The molecule has 0 atom stereocenters. The molecule has 0 aromatic carbocycles. The summed E-state index contributed by atoms with van der Waals surface area (Å²) in [6, 6.07) is 0. The molecule has 2 aliphatic carbocycles. The maximum absolute atomic E-state index is 12.8. The first kappa shape index (κ1) is 14.7. The zero-order chi connectivity index (χ0) is 16.2. The highest BCUT2D eigenvalue weighted by Gasteiger charge is 2.32. The average molecular weight is 336 g/mol. The van der Waals surface area contributed by atoms with Crippen LogP contribution < -0.4 is 4.72 Å². The molecule has 23 heavy (non-hydrogen) atoms. The van der Waals surface area contributed by atoms with Crippen molar-refractivity contribution in [2.75, 3.05) is 4.72 Å². The predicted molar refractivity (Wildman–Crippen MR) is 83.6 cm³/mol. The Bertz CT molecular complexity index is 862. The minimum absolute atomic E-state index is 0.253. The minimum atomic E-state index is -3.73. The lowest BCUT2D eigenvalue weighted by Crippen LogP contribution is -2.20. The van der Waals surface area contributed by atoms with Crippen LogP contribution in [0.3, 0.4) is 0 Å². The summed E-state index contributed by atoms with van der Waals surface area (Å²) < 4.78 is 31.2. The molecule has 0 unspecified atom stereocenters. The van der Waals surface area contributed by atoms with Crippen molar-refractivity contribution in [3.05, 3.63) is 17.1 Å². The Morgan fingerprint density at radius 2 is 1.83 bits per heavy atom. The van der Waals surface area contributed by atoms with Crippen molar-refractivity contribution in [1.82, 2.24) is 24.5 Å². The van der Waals surface area contributed by atoms with E-state index in [9.17, 15) is 8.42 Å². The summed E-state index contributed by atoms with van der Waals surface area (Å²) in [7, 11) is -0.346. The molecule has 1 fully saturated rings. The molecule has 9 heteroatoms. The summed E-state index contributed by atoms with van der Waals surface area (Å²) >= 11 is 0. The molecular weight excluding hydrogens is 316 g/mol. The van der Waals surface area contributed by atoms with E-state index in [0.29, 0.717) is 5.92 Å². The zero-order valence-electron chi connectivity index (χ0n) is 13.3. The van der Waals surface area contributed by atoms with E-state index in [2.05, 4.69) is 19.9 Å². The Morgan fingerprint density at radius 3 is 2.57 bits per heavy atom. The second-order valence-electron chi connectivity index (χ2n) is 6.36. The van der Waals surface area contributed by atoms with Gasteiger partial charge in [0.25, 0.3) is 10.0 Å². The van der Waals surface area contributed by atoms with Gasteiger partial charge >= 0.3 is 0 Å². The number of fused-ring (bicyclic) bond motifs is 1. The van der Waals surface area contributed by atoms with Crippen LogP contribution in [0.2, 0.25) is 0 Å². The van der Waals surface area contributed by atoms with E-state index < -0.39 is 10.0 Å². The maximum atomic E-state index is 12.8. The smallest absolute Gasteiger partial charge is 0.255 e. The van der Waals surface area contributed by atoms with Crippen LogP contribution in [-0.2, 0) is 37.0 Å². The van der Waals surface area contributed by atoms with Gasteiger partial charge < -0.3 is 0 Å². The molecule has 2 aromatic rings. The van der Waals surface area contributed by atoms with Crippen LogP contribution in [0.4, 0.5) is 5.95 Å². The first-order chi connectivity index (χ1) is 11.0. The molecular formula is C14H20N6O2S. The standard InChI is InChI=1S/C14H20N6O2S/c1-19-13(10-5-3-4-6-11(10)16-19)23(21,22)18-14-15-12(9-7-8-9)17-20(14)2/h9H,3-8H2,1-2H3,(H,15,17,18). The van der Waals surface area contributed by atoms with Gasteiger partial charge in [-0.25, -0.2) is 9.40 Å². The minimum Gasteiger partial charge on any atom is -0.255 e. The fourth-order valence-electron chi connectivity index (χ4n) is 3.16. The third-order valence-electron chi connectivity index (χ3n) is 4.46. The molecule has 4 rings (SSSR count). The molecule has 2 aromatic heterocycles. The molecule has 0 spiro atoms. The van der Waals surface area contributed by atoms with Gasteiger partial charge in [-0.15, -0.1) is 0 Å². The number of nitrogens with one attached hydrogen (secondary N) is 1. The van der Waals surface area contributed by atoms with Gasteiger partial charge in [0.05, 0.1) is 5.69 Å². The molecule has 8 nitrogen and oxygen atoms in total. The van der Waals surface area contributed by atoms with E-state index in [-0.39, 0.29) is 11.0 Å². The fraction of sp³-hybridized carbons (Fsp3) is 0.643. The number of rotatable bonds is 4. The number of sulfonamides is 1. The molecule has 1 saturated carbocycles. The summed E-state index contributed by atoms with van der Waals surface area (Å²) in [6.07, 6.45) is 5.80. The van der Waals surface area contributed by atoms with Crippen LogP contribution in [0.5, 0.6) is 0 Å². The van der Waals surface area contributed by atoms with Gasteiger partial charge in [0.2, 0.25) is 5.95 Å². The van der Waals surface area contributed by atoms with Crippen molar-refractivity contribution >= 4 is 16.0 Å². The molecule has 1 N–H and O–H groups in total. The van der Waals surface area contributed by atoms with E-state index in [4.69, 9.17) is 0 Å². The fourth-order valence-corrected chi connectivity index (χ4v) is 4.61. The lowest BCUT2D eigenvalue weighted by molar-refractivity contribution is 0.578. The number of aryl methyl sites for hydroxylation is 3. The molecule has 2 aliphatic rings. The van der Waals surface area contributed by atoms with E-state index in [1.165, 1.54) is 9.36 Å². The topological polar surface area (TPSA) is 94.7 Å². The van der Waals surface area contributed by atoms with Crippen molar-refractivity contribution < 1.29 is 8.42 Å². The molecule has 124 valence electrons. The van der Waals surface area contributed by atoms with E-state index >= 15 is 0 Å². The van der Waals surface area contributed by atoms with Crippen LogP contribution in [0, 0.1) is 0 Å². The van der Waals surface area contributed by atoms with Gasteiger partial charge in [-0.05, 0) is 38.5 Å². The quantitative estimate of drug-likeness (QED) is 0.902. The van der Waals surface area contributed by atoms with Crippen molar-refractivity contribution in [3.63, 3.8) is 0 Å². The van der Waals surface area contributed by atoms with Crippen molar-refractivity contribution in [3.8, 4) is 0 Å². The van der Waals surface area contributed by atoms with Crippen LogP contribution in [-0.4, -0.2) is 33.0 Å².